The molecule has 1 saturated carbocycles. The lowest BCUT2D eigenvalue weighted by molar-refractivity contribution is -0.132. The molecule has 3 nitrogen and oxygen atoms in total. The molecule has 0 saturated heterocycles. The second-order valence-electron chi connectivity index (χ2n) is 4.84. The van der Waals surface area contributed by atoms with E-state index in [0.29, 0.717) is 0 Å². The molecular weight excluding hydrogens is 166 g/mol. The molecule has 76 valence electrons. The van der Waals surface area contributed by atoms with Gasteiger partial charge in [-0.25, -0.2) is 0 Å². The lowest BCUT2D eigenvalue weighted by Crippen LogP contribution is -2.45. The summed E-state index contributed by atoms with van der Waals surface area (Å²) in [6, 6.07) is 0. The van der Waals surface area contributed by atoms with Gasteiger partial charge in [-0.05, 0) is 24.2 Å². The normalized spacial score (nSPS) is 37.7. The fourth-order valence-corrected chi connectivity index (χ4v) is 2.36. The number of nitrogens with two attached hydrogens (primary N) is 1. The number of carbonyl (C=O) groups excluding carboxylic acids is 1. The summed E-state index contributed by atoms with van der Waals surface area (Å²) < 4.78 is 0. The van der Waals surface area contributed by atoms with E-state index < -0.39 is 5.41 Å². The van der Waals surface area contributed by atoms with Crippen LogP contribution in [0.5, 0.6) is 0 Å². The Bertz CT molecular complexity index is 225. The molecule has 0 radical (unpaired) electrons. The number of primary amides is 1. The van der Waals surface area contributed by atoms with Gasteiger partial charge in [0.25, 0.3) is 0 Å². The smallest absolute Gasteiger partial charge is 0.223 e. The minimum atomic E-state index is -0.458. The van der Waals surface area contributed by atoms with Crippen molar-refractivity contribution in [2.45, 2.75) is 33.6 Å². The third kappa shape index (κ3) is 1.26. The lowest BCUT2D eigenvalue weighted by Gasteiger charge is -2.38. The molecule has 3 heteroatoms. The highest BCUT2D eigenvalue weighted by Gasteiger charge is 2.54. The van der Waals surface area contributed by atoms with Crippen LogP contribution in [0.15, 0.2) is 0 Å². The number of aliphatic hydroxyl groups excluding tert-OH is 1. The van der Waals surface area contributed by atoms with E-state index in [2.05, 4.69) is 0 Å². The average Bonchev–Trinajstić information content (AvgIpc) is 2.25. The van der Waals surface area contributed by atoms with Crippen LogP contribution in [0.2, 0.25) is 0 Å². The summed E-state index contributed by atoms with van der Waals surface area (Å²) in [6.45, 7) is 6.10. The molecule has 0 aromatic rings. The van der Waals surface area contributed by atoms with Crippen molar-refractivity contribution in [1.29, 1.82) is 0 Å². The molecule has 1 rings (SSSR count). The monoisotopic (exact) mass is 185 g/mol. The van der Waals surface area contributed by atoms with Crippen molar-refractivity contribution in [2.75, 3.05) is 6.61 Å². The quantitative estimate of drug-likeness (QED) is 0.671. The van der Waals surface area contributed by atoms with Crippen molar-refractivity contribution < 1.29 is 9.90 Å². The van der Waals surface area contributed by atoms with E-state index in [1.54, 1.807) is 0 Å². The van der Waals surface area contributed by atoms with Crippen LogP contribution in [0.25, 0.3) is 0 Å². The van der Waals surface area contributed by atoms with E-state index in [0.717, 1.165) is 12.8 Å². The number of amides is 1. The first kappa shape index (κ1) is 10.5. The van der Waals surface area contributed by atoms with Gasteiger partial charge in [0.05, 0.1) is 5.41 Å². The maximum absolute atomic E-state index is 11.3. The van der Waals surface area contributed by atoms with E-state index in [1.165, 1.54) is 0 Å². The molecule has 2 atom stereocenters. The maximum Gasteiger partial charge on any atom is 0.223 e. The minimum Gasteiger partial charge on any atom is -0.396 e. The number of hydrogen-bond donors (Lipinski definition) is 2. The zero-order valence-electron chi connectivity index (χ0n) is 8.63. The molecule has 1 fully saturated rings. The van der Waals surface area contributed by atoms with Gasteiger partial charge in [0.15, 0.2) is 0 Å². The van der Waals surface area contributed by atoms with Gasteiger partial charge < -0.3 is 10.8 Å². The number of hydrogen-bond acceptors (Lipinski definition) is 2. The summed E-state index contributed by atoms with van der Waals surface area (Å²) >= 11 is 0. The molecule has 1 aliphatic carbocycles. The van der Waals surface area contributed by atoms with Crippen molar-refractivity contribution in [2.24, 2.45) is 22.5 Å². The lowest BCUT2D eigenvalue weighted by atomic mass is 9.65. The van der Waals surface area contributed by atoms with Gasteiger partial charge in [-0.1, -0.05) is 20.8 Å². The number of aliphatic hydroxyl groups is 1. The Kier molecular flexibility index (Phi) is 2.41. The molecule has 0 aromatic carbocycles. The summed E-state index contributed by atoms with van der Waals surface area (Å²) in [7, 11) is 0. The third-order valence-corrected chi connectivity index (χ3v) is 4.20. The van der Waals surface area contributed by atoms with Crippen molar-refractivity contribution in [3.05, 3.63) is 0 Å². The van der Waals surface area contributed by atoms with E-state index in [4.69, 9.17) is 10.8 Å². The van der Waals surface area contributed by atoms with Crippen molar-refractivity contribution in [1.82, 2.24) is 0 Å². The second-order valence-corrected chi connectivity index (χ2v) is 4.84. The Hall–Kier alpha value is -0.570. The van der Waals surface area contributed by atoms with Crippen LogP contribution in [0.4, 0.5) is 0 Å². The Morgan fingerprint density at radius 2 is 2.08 bits per heavy atom. The van der Waals surface area contributed by atoms with Gasteiger partial charge in [-0.15, -0.1) is 0 Å². The van der Waals surface area contributed by atoms with E-state index in [9.17, 15) is 4.79 Å². The molecule has 0 aromatic heterocycles. The fraction of sp³-hybridized carbons (Fsp3) is 0.900. The first-order valence-electron chi connectivity index (χ1n) is 4.77. The Morgan fingerprint density at radius 1 is 1.54 bits per heavy atom. The molecule has 0 spiro atoms. The van der Waals surface area contributed by atoms with Gasteiger partial charge >= 0.3 is 0 Å². The zero-order valence-corrected chi connectivity index (χ0v) is 8.63. The van der Waals surface area contributed by atoms with Crippen LogP contribution >= 0.6 is 0 Å². The van der Waals surface area contributed by atoms with Crippen molar-refractivity contribution in [3.63, 3.8) is 0 Å². The summed E-state index contributed by atoms with van der Waals surface area (Å²) in [5, 5.41) is 9.16. The predicted molar refractivity (Wildman–Crippen MR) is 50.9 cm³/mol. The molecule has 0 aliphatic heterocycles. The van der Waals surface area contributed by atoms with Crippen LogP contribution in [0, 0.1) is 16.7 Å². The van der Waals surface area contributed by atoms with Crippen LogP contribution < -0.4 is 5.73 Å². The highest BCUT2D eigenvalue weighted by atomic mass is 16.3. The van der Waals surface area contributed by atoms with E-state index in [1.807, 2.05) is 20.8 Å². The molecule has 13 heavy (non-hydrogen) atoms. The molecule has 0 bridgehead atoms. The van der Waals surface area contributed by atoms with E-state index in [-0.39, 0.29) is 23.8 Å². The highest BCUT2D eigenvalue weighted by molar-refractivity contribution is 5.81. The molecule has 1 aliphatic rings. The molecule has 3 N–H and O–H groups in total. The first-order valence-corrected chi connectivity index (χ1v) is 4.77. The van der Waals surface area contributed by atoms with Gasteiger partial charge in [-0.2, -0.15) is 0 Å². The van der Waals surface area contributed by atoms with Gasteiger partial charge in [0, 0.05) is 6.61 Å². The van der Waals surface area contributed by atoms with Gasteiger partial charge in [0.1, 0.15) is 0 Å². The second kappa shape index (κ2) is 2.98. The Morgan fingerprint density at radius 3 is 2.31 bits per heavy atom. The Balaban J connectivity index is 2.99. The standard InChI is InChI=1S/C10H19NO2/c1-9(2)7(6-12)4-5-10(9,3)8(11)13/h7,12H,4-6H2,1-3H3,(H2,11,13). The van der Waals surface area contributed by atoms with Crippen LogP contribution in [-0.4, -0.2) is 17.6 Å². The largest absolute Gasteiger partial charge is 0.396 e. The maximum atomic E-state index is 11.3. The average molecular weight is 185 g/mol. The van der Waals surface area contributed by atoms with E-state index >= 15 is 0 Å². The SMILES string of the molecule is CC1(C(N)=O)CCC(CO)C1(C)C. The summed E-state index contributed by atoms with van der Waals surface area (Å²) in [5.74, 6) is -0.0431. The third-order valence-electron chi connectivity index (χ3n) is 4.20. The van der Waals surface area contributed by atoms with Crippen LogP contribution in [0.1, 0.15) is 33.6 Å². The molecular formula is C10H19NO2. The molecule has 1 amide bonds. The van der Waals surface area contributed by atoms with Gasteiger partial charge in [0.2, 0.25) is 5.91 Å². The van der Waals surface area contributed by atoms with Crippen LogP contribution in [-0.2, 0) is 4.79 Å². The highest BCUT2D eigenvalue weighted by Crippen LogP contribution is 2.55. The summed E-state index contributed by atoms with van der Waals surface area (Å²) in [4.78, 5) is 11.3. The van der Waals surface area contributed by atoms with Gasteiger partial charge in [-0.3, -0.25) is 4.79 Å². The van der Waals surface area contributed by atoms with Crippen molar-refractivity contribution >= 4 is 5.91 Å². The Labute approximate surface area is 79.3 Å². The fourth-order valence-electron chi connectivity index (χ4n) is 2.36. The minimum absolute atomic E-state index is 0.149. The number of rotatable bonds is 2. The number of carbonyl (C=O) groups is 1. The summed E-state index contributed by atoms with van der Waals surface area (Å²) in [5.41, 5.74) is 4.76. The first-order chi connectivity index (χ1) is 5.86. The molecule has 2 unspecified atom stereocenters. The molecule has 0 heterocycles. The zero-order chi connectivity index (χ0) is 10.3. The van der Waals surface area contributed by atoms with Crippen LogP contribution in [0.3, 0.4) is 0 Å². The topological polar surface area (TPSA) is 63.3 Å². The summed E-state index contributed by atoms with van der Waals surface area (Å²) in [6.07, 6.45) is 1.68. The van der Waals surface area contributed by atoms with Crippen molar-refractivity contribution in [3.8, 4) is 0 Å². The predicted octanol–water partition coefficient (Wildman–Crippen LogP) is 0.906.